The van der Waals surface area contributed by atoms with Gasteiger partial charge < -0.3 is 13.6 Å². The Bertz CT molecular complexity index is 194. The summed E-state index contributed by atoms with van der Waals surface area (Å²) in [5, 5.41) is 0. The Morgan fingerprint density at radius 2 is 1.15 bits per heavy atom. The van der Waals surface area contributed by atoms with Crippen LogP contribution in [0.4, 0.5) is 0 Å². The quantitative estimate of drug-likeness (QED) is 0.513. The lowest BCUT2D eigenvalue weighted by Gasteiger charge is -2.33. The molecule has 0 atom stereocenters. The van der Waals surface area contributed by atoms with E-state index >= 15 is 0 Å². The van der Waals surface area contributed by atoms with Gasteiger partial charge in [-0.25, -0.2) is 0 Å². The second-order valence-corrected chi connectivity index (χ2v) is 5.44. The van der Waals surface area contributed by atoms with Crippen molar-refractivity contribution in [2.45, 2.75) is 52.7 Å². The van der Waals surface area contributed by atoms with Crippen molar-refractivity contribution in [2.75, 3.05) is 0 Å². The Morgan fingerprint density at radius 1 is 0.923 bits per heavy atom. The molecular weight excluding hydrogens is 186 g/mol. The summed E-state index contributed by atoms with van der Waals surface area (Å²) in [5.74, 6) is 0. The minimum absolute atomic E-state index is 0.372. The van der Waals surface area contributed by atoms with Crippen LogP contribution in [0.2, 0.25) is 0 Å². The zero-order valence-electron chi connectivity index (χ0n) is 8.67. The average Bonchev–Trinajstić information content (AvgIpc) is 1.43. The summed E-state index contributed by atoms with van der Waals surface area (Å²) >= 11 is 0. The summed E-state index contributed by atoms with van der Waals surface area (Å²) in [6.07, 6.45) is 0. The number of rotatable bonds is 2. The fraction of sp³-hybridized carbons (Fsp3) is 1.00. The number of hydrogen-bond donors (Lipinski definition) is 0. The fourth-order valence-corrected chi connectivity index (χ4v) is 1.40. The highest BCUT2D eigenvalue weighted by Gasteiger charge is 2.25. The predicted molar refractivity (Wildman–Crippen MR) is 59.2 cm³/mol. The molecule has 0 N–H and O–H groups in total. The molecule has 0 aromatic carbocycles. The van der Waals surface area contributed by atoms with Crippen molar-refractivity contribution in [3.63, 3.8) is 0 Å². The third-order valence-electron chi connectivity index (χ3n) is 0.697. The first-order valence-corrected chi connectivity index (χ1v) is 5.05. The molecule has 0 aromatic heterocycles. The molecule has 80 valence electrons. The van der Waals surface area contributed by atoms with Crippen molar-refractivity contribution in [3.05, 3.63) is 0 Å². The Hall–Kier alpha value is 0.215. The SMILES string of the molecule is [BH3-]P(=O)(OC(C)(C)C)OC(C)(C)C. The standard InChI is InChI=1S/C8H21BO3P/c1-7(2,3)11-13(9,10)12-8(4,5)6/h1-6,9H3/q-1. The molecule has 3 nitrogen and oxygen atoms in total. The maximum Gasteiger partial charge on any atom is 0.148 e. The van der Waals surface area contributed by atoms with Gasteiger partial charge in [-0.15, -0.1) is 0 Å². The van der Waals surface area contributed by atoms with Crippen molar-refractivity contribution >= 4 is 15.0 Å². The molecule has 0 spiro atoms. The molecule has 0 fully saturated rings. The van der Waals surface area contributed by atoms with Gasteiger partial charge in [0.05, 0.1) is 18.8 Å². The van der Waals surface area contributed by atoms with E-state index < -0.39 is 15.0 Å². The summed E-state index contributed by atoms with van der Waals surface area (Å²) in [6.45, 7) is 11.4. The van der Waals surface area contributed by atoms with Crippen LogP contribution in [0.3, 0.4) is 0 Å². The molecule has 0 radical (unpaired) electrons. The van der Waals surface area contributed by atoms with E-state index in [-0.39, 0.29) is 11.2 Å². The second kappa shape index (κ2) is 3.76. The van der Waals surface area contributed by atoms with E-state index in [1.165, 1.54) is 0 Å². The van der Waals surface area contributed by atoms with E-state index in [2.05, 4.69) is 0 Å². The molecule has 0 heterocycles. The zero-order valence-corrected chi connectivity index (χ0v) is 9.57. The zero-order chi connectivity index (χ0) is 10.9. The summed E-state index contributed by atoms with van der Waals surface area (Å²) < 4.78 is 22.8. The molecule has 0 aliphatic rings. The second-order valence-electron chi connectivity index (χ2n) is 4.63. The van der Waals surface area contributed by atoms with Crippen LogP contribution in [0.25, 0.3) is 0 Å². The first kappa shape index (κ1) is 13.2. The van der Waals surface area contributed by atoms with Crippen LogP contribution in [0, 0.1) is 0 Å². The maximum atomic E-state index is 11.9. The largest absolute Gasteiger partial charge is 0.332 e. The molecule has 0 saturated carbocycles. The lowest BCUT2D eigenvalue weighted by molar-refractivity contribution is 0.0582. The highest BCUT2D eigenvalue weighted by atomic mass is 31.2. The van der Waals surface area contributed by atoms with Crippen molar-refractivity contribution < 1.29 is 13.6 Å². The average molecular weight is 207 g/mol. The van der Waals surface area contributed by atoms with Gasteiger partial charge in [-0.05, 0) is 41.5 Å². The van der Waals surface area contributed by atoms with Crippen LogP contribution in [-0.4, -0.2) is 18.8 Å². The molecule has 0 bridgehead atoms. The molecule has 0 rings (SSSR count). The van der Waals surface area contributed by atoms with Gasteiger partial charge in [0.15, 0.2) is 0 Å². The van der Waals surface area contributed by atoms with Crippen LogP contribution in [0.5, 0.6) is 0 Å². The van der Waals surface area contributed by atoms with Crippen molar-refractivity contribution in [2.24, 2.45) is 0 Å². The fourth-order valence-electron chi connectivity index (χ4n) is 0.466. The third kappa shape index (κ3) is 8.54. The van der Waals surface area contributed by atoms with Gasteiger partial charge in [0.25, 0.3) is 0 Å². The summed E-state index contributed by atoms with van der Waals surface area (Å²) in [4.78, 5) is 0. The van der Waals surface area contributed by atoms with Crippen LogP contribution in [0.15, 0.2) is 0 Å². The van der Waals surface area contributed by atoms with E-state index in [0.29, 0.717) is 0 Å². The molecule has 0 aliphatic heterocycles. The smallest absolute Gasteiger partial charge is 0.148 e. The van der Waals surface area contributed by atoms with Crippen LogP contribution in [0.1, 0.15) is 41.5 Å². The van der Waals surface area contributed by atoms with Gasteiger partial charge in [-0.1, -0.05) is 0 Å². The predicted octanol–water partition coefficient (Wildman–Crippen LogP) is 2.09. The first-order valence-electron chi connectivity index (χ1n) is 3.96. The van der Waals surface area contributed by atoms with Crippen LogP contribution < -0.4 is 0 Å². The highest BCUT2D eigenvalue weighted by Crippen LogP contribution is 2.49. The van der Waals surface area contributed by atoms with Crippen molar-refractivity contribution in [3.8, 4) is 0 Å². The van der Waals surface area contributed by atoms with Gasteiger partial charge in [0.1, 0.15) is 7.47 Å². The lowest BCUT2D eigenvalue weighted by atomic mass is 10.2. The molecule has 0 unspecified atom stereocenters. The molecule has 0 amide bonds. The first-order chi connectivity index (χ1) is 5.41. The molecule has 13 heavy (non-hydrogen) atoms. The van der Waals surface area contributed by atoms with Gasteiger partial charge in [0, 0.05) is 0 Å². The normalized spacial score (nSPS) is 14.7. The van der Waals surface area contributed by atoms with E-state index in [4.69, 9.17) is 9.05 Å². The van der Waals surface area contributed by atoms with Gasteiger partial charge >= 0.3 is 0 Å². The Labute approximate surface area is 82.1 Å². The van der Waals surface area contributed by atoms with E-state index in [1.54, 1.807) is 0 Å². The van der Waals surface area contributed by atoms with E-state index in [9.17, 15) is 4.57 Å². The van der Waals surface area contributed by atoms with E-state index in [1.807, 2.05) is 41.5 Å². The molecular formula is C8H21BO3P-. The summed E-state index contributed by atoms with van der Waals surface area (Å²) in [6, 6.07) is 0. The third-order valence-corrected chi connectivity index (χ3v) is 2.09. The highest BCUT2D eigenvalue weighted by molar-refractivity contribution is 7.79. The van der Waals surface area contributed by atoms with Gasteiger partial charge in [-0.3, -0.25) is 0 Å². The Morgan fingerprint density at radius 3 is 1.31 bits per heavy atom. The van der Waals surface area contributed by atoms with Crippen molar-refractivity contribution in [1.29, 1.82) is 0 Å². The molecule has 0 aliphatic carbocycles. The minimum Gasteiger partial charge on any atom is -0.332 e. The van der Waals surface area contributed by atoms with Crippen LogP contribution >= 0.6 is 7.47 Å². The molecule has 0 aromatic rings. The lowest BCUT2D eigenvalue weighted by Crippen LogP contribution is -2.23. The van der Waals surface area contributed by atoms with E-state index in [0.717, 1.165) is 0 Å². The van der Waals surface area contributed by atoms with Crippen LogP contribution in [-0.2, 0) is 13.6 Å². The maximum absolute atomic E-state index is 11.9. The summed E-state index contributed by atoms with van der Waals surface area (Å²) in [5.41, 5.74) is -0.745. The molecule has 0 saturated heterocycles. The number of hydrogen-bond acceptors (Lipinski definition) is 3. The monoisotopic (exact) mass is 207 g/mol. The Kier molecular flexibility index (Phi) is 3.82. The van der Waals surface area contributed by atoms with Crippen molar-refractivity contribution in [1.82, 2.24) is 0 Å². The minimum atomic E-state index is -2.69. The molecule has 5 heteroatoms. The Balaban J connectivity index is 4.35. The van der Waals surface area contributed by atoms with Gasteiger partial charge in [-0.2, -0.15) is 0 Å². The topological polar surface area (TPSA) is 35.5 Å². The summed E-state index contributed by atoms with van der Waals surface area (Å²) in [7, 11) is -3.13. The van der Waals surface area contributed by atoms with Gasteiger partial charge in [0.2, 0.25) is 0 Å².